The van der Waals surface area contributed by atoms with Crippen molar-refractivity contribution >= 4 is 32.6 Å². The fourth-order valence-corrected chi connectivity index (χ4v) is 4.11. The van der Waals surface area contributed by atoms with Gasteiger partial charge in [0, 0.05) is 24.3 Å². The highest BCUT2D eigenvalue weighted by Crippen LogP contribution is 2.24. The van der Waals surface area contributed by atoms with Crippen molar-refractivity contribution in [1.82, 2.24) is 20.1 Å². The van der Waals surface area contributed by atoms with Crippen LogP contribution in [0.2, 0.25) is 0 Å². The van der Waals surface area contributed by atoms with Gasteiger partial charge in [-0.25, -0.2) is 4.98 Å². The second-order valence-corrected chi connectivity index (χ2v) is 7.99. The van der Waals surface area contributed by atoms with E-state index in [1.165, 1.54) is 0 Å². The molecule has 0 bridgehead atoms. The number of carbonyl (C=O) groups is 1. The first-order valence-corrected chi connectivity index (χ1v) is 10.4. The maximum atomic E-state index is 12.5. The van der Waals surface area contributed by atoms with E-state index in [1.54, 1.807) is 11.3 Å². The van der Waals surface area contributed by atoms with Crippen molar-refractivity contribution < 1.29 is 4.79 Å². The molecule has 7 heteroatoms. The number of hydrogen-bond acceptors (Lipinski definition) is 5. The minimum Gasteiger partial charge on any atom is -0.360 e. The Morgan fingerprint density at radius 1 is 1.07 bits per heavy atom. The Morgan fingerprint density at radius 2 is 1.93 bits per heavy atom. The maximum Gasteiger partial charge on any atom is 0.251 e. The molecule has 0 aliphatic carbocycles. The highest BCUT2D eigenvalue weighted by Gasteiger charge is 2.08. The van der Waals surface area contributed by atoms with Crippen molar-refractivity contribution in [2.45, 2.75) is 20.4 Å². The molecule has 29 heavy (non-hydrogen) atoms. The lowest BCUT2D eigenvalue weighted by Crippen LogP contribution is -2.28. The van der Waals surface area contributed by atoms with Gasteiger partial charge in [-0.05, 0) is 49.7 Å². The van der Waals surface area contributed by atoms with Crippen LogP contribution in [-0.2, 0) is 6.54 Å². The van der Waals surface area contributed by atoms with Crippen LogP contribution >= 0.6 is 11.3 Å². The molecule has 0 saturated carbocycles. The first kappa shape index (κ1) is 19.1. The van der Waals surface area contributed by atoms with E-state index in [0.717, 1.165) is 32.3 Å². The lowest BCUT2D eigenvalue weighted by atomic mass is 10.1. The Labute approximate surface area is 173 Å². The van der Waals surface area contributed by atoms with Crippen LogP contribution in [0.1, 0.15) is 27.3 Å². The number of para-hydroxylation sites is 1. The van der Waals surface area contributed by atoms with Crippen molar-refractivity contribution in [2.24, 2.45) is 0 Å². The number of thiazole rings is 1. The molecule has 0 saturated heterocycles. The molecular formula is C22H23N5OS. The number of aromatic nitrogens is 3. The summed E-state index contributed by atoms with van der Waals surface area (Å²) < 4.78 is 3.10. The van der Waals surface area contributed by atoms with Crippen molar-refractivity contribution in [1.29, 1.82) is 0 Å². The third kappa shape index (κ3) is 4.63. The molecule has 1 amide bonds. The summed E-state index contributed by atoms with van der Waals surface area (Å²) in [6.45, 7) is 5.82. The summed E-state index contributed by atoms with van der Waals surface area (Å²) in [7, 11) is 0. The molecule has 0 aliphatic rings. The number of anilines is 1. The van der Waals surface area contributed by atoms with Crippen LogP contribution < -0.4 is 10.6 Å². The average molecular weight is 406 g/mol. The van der Waals surface area contributed by atoms with Crippen molar-refractivity contribution in [3.63, 3.8) is 0 Å². The molecule has 2 N–H and O–H groups in total. The first-order valence-electron chi connectivity index (χ1n) is 9.56. The van der Waals surface area contributed by atoms with Gasteiger partial charge in [0.25, 0.3) is 5.91 Å². The number of rotatable bonds is 7. The van der Waals surface area contributed by atoms with Crippen LogP contribution in [0, 0.1) is 13.8 Å². The van der Waals surface area contributed by atoms with E-state index in [2.05, 4.69) is 32.8 Å². The number of benzene rings is 2. The van der Waals surface area contributed by atoms with E-state index in [9.17, 15) is 4.79 Å². The molecular weight excluding hydrogens is 382 g/mol. The zero-order valence-electron chi connectivity index (χ0n) is 16.5. The molecule has 0 aliphatic heterocycles. The van der Waals surface area contributed by atoms with Crippen LogP contribution in [0.25, 0.3) is 10.2 Å². The Balaban J connectivity index is 1.30. The van der Waals surface area contributed by atoms with E-state index in [0.29, 0.717) is 25.2 Å². The third-order valence-electron chi connectivity index (χ3n) is 4.61. The number of nitrogens with zero attached hydrogens (tertiary/aromatic N) is 3. The minimum atomic E-state index is -0.0775. The van der Waals surface area contributed by atoms with Crippen LogP contribution in [-0.4, -0.2) is 33.8 Å². The monoisotopic (exact) mass is 405 g/mol. The second-order valence-electron chi connectivity index (χ2n) is 6.95. The maximum absolute atomic E-state index is 12.5. The molecule has 2 aromatic heterocycles. The number of fused-ring (bicyclic) bond motifs is 1. The van der Waals surface area contributed by atoms with Gasteiger partial charge in [-0.3, -0.25) is 9.48 Å². The summed E-state index contributed by atoms with van der Waals surface area (Å²) in [5, 5.41) is 11.6. The molecule has 0 fully saturated rings. The quantitative estimate of drug-likeness (QED) is 0.456. The molecule has 2 aromatic carbocycles. The van der Waals surface area contributed by atoms with Gasteiger partial charge in [0.2, 0.25) is 0 Å². The molecule has 0 unspecified atom stereocenters. The normalized spacial score (nSPS) is 11.0. The number of hydrogen-bond donors (Lipinski definition) is 2. The minimum absolute atomic E-state index is 0.0775. The SMILES string of the molecule is Cc1cc(C)n(Cc2cccc(C(=O)NCCNc3nc4ccccc4s3)c2)n1. The predicted molar refractivity (Wildman–Crippen MR) is 118 cm³/mol. The number of carbonyl (C=O) groups excluding carboxylic acids is 1. The van der Waals surface area contributed by atoms with Crippen LogP contribution in [0.4, 0.5) is 5.13 Å². The Morgan fingerprint density at radius 3 is 2.72 bits per heavy atom. The largest absolute Gasteiger partial charge is 0.360 e. The van der Waals surface area contributed by atoms with E-state index in [4.69, 9.17) is 0 Å². The van der Waals surface area contributed by atoms with Crippen molar-refractivity contribution in [3.05, 3.63) is 77.1 Å². The molecule has 6 nitrogen and oxygen atoms in total. The van der Waals surface area contributed by atoms with Crippen LogP contribution in [0.3, 0.4) is 0 Å². The van der Waals surface area contributed by atoms with Gasteiger partial charge in [-0.2, -0.15) is 5.10 Å². The molecule has 0 radical (unpaired) electrons. The molecule has 0 atom stereocenters. The molecule has 0 spiro atoms. The summed E-state index contributed by atoms with van der Waals surface area (Å²) in [5.74, 6) is -0.0775. The van der Waals surface area contributed by atoms with Gasteiger partial charge in [-0.15, -0.1) is 0 Å². The lowest BCUT2D eigenvalue weighted by molar-refractivity contribution is 0.0955. The van der Waals surface area contributed by atoms with E-state index in [-0.39, 0.29) is 5.91 Å². The molecule has 2 heterocycles. The van der Waals surface area contributed by atoms with E-state index < -0.39 is 0 Å². The van der Waals surface area contributed by atoms with E-state index in [1.807, 2.05) is 61.0 Å². The Hall–Kier alpha value is -3.19. The number of amides is 1. The topological polar surface area (TPSA) is 71.8 Å². The first-order chi connectivity index (χ1) is 14.1. The number of nitrogens with one attached hydrogen (secondary N) is 2. The summed E-state index contributed by atoms with van der Waals surface area (Å²) in [6, 6.07) is 17.8. The Bertz CT molecular complexity index is 1110. The Kier molecular flexibility index (Phi) is 5.57. The zero-order chi connectivity index (χ0) is 20.2. The standard InChI is InChI=1S/C22H23N5OS/c1-15-12-16(2)27(26-15)14-17-6-5-7-18(13-17)21(28)23-10-11-24-22-25-19-8-3-4-9-20(19)29-22/h3-9,12-13H,10-11,14H2,1-2H3,(H,23,28)(H,24,25). The fourth-order valence-electron chi connectivity index (χ4n) is 3.21. The molecule has 4 aromatic rings. The predicted octanol–water partition coefficient (Wildman–Crippen LogP) is 4.00. The van der Waals surface area contributed by atoms with Gasteiger partial charge in [-0.1, -0.05) is 35.6 Å². The van der Waals surface area contributed by atoms with Gasteiger partial charge >= 0.3 is 0 Å². The fraction of sp³-hybridized carbons (Fsp3) is 0.227. The van der Waals surface area contributed by atoms with Gasteiger partial charge < -0.3 is 10.6 Å². The van der Waals surface area contributed by atoms with E-state index >= 15 is 0 Å². The molecule has 4 rings (SSSR count). The summed E-state index contributed by atoms with van der Waals surface area (Å²) in [6.07, 6.45) is 0. The summed E-state index contributed by atoms with van der Waals surface area (Å²) in [4.78, 5) is 17.0. The smallest absolute Gasteiger partial charge is 0.251 e. The second kappa shape index (κ2) is 8.45. The van der Waals surface area contributed by atoms with Gasteiger partial charge in [0.05, 0.1) is 22.5 Å². The lowest BCUT2D eigenvalue weighted by Gasteiger charge is -2.09. The molecule has 148 valence electrons. The van der Waals surface area contributed by atoms with Crippen LogP contribution in [0.15, 0.2) is 54.6 Å². The highest BCUT2D eigenvalue weighted by atomic mass is 32.1. The summed E-state index contributed by atoms with van der Waals surface area (Å²) >= 11 is 1.61. The van der Waals surface area contributed by atoms with Crippen molar-refractivity contribution in [2.75, 3.05) is 18.4 Å². The van der Waals surface area contributed by atoms with Gasteiger partial charge in [0.1, 0.15) is 0 Å². The van der Waals surface area contributed by atoms with Gasteiger partial charge in [0.15, 0.2) is 5.13 Å². The highest BCUT2D eigenvalue weighted by molar-refractivity contribution is 7.22. The number of aryl methyl sites for hydroxylation is 2. The van der Waals surface area contributed by atoms with Crippen molar-refractivity contribution in [3.8, 4) is 0 Å². The zero-order valence-corrected chi connectivity index (χ0v) is 17.3. The third-order valence-corrected chi connectivity index (χ3v) is 5.60. The van der Waals surface area contributed by atoms with Crippen LogP contribution in [0.5, 0.6) is 0 Å². The summed E-state index contributed by atoms with van der Waals surface area (Å²) in [5.41, 5.74) is 4.80. The average Bonchev–Trinajstić information content (AvgIpc) is 3.27.